The van der Waals surface area contributed by atoms with Gasteiger partial charge in [0.25, 0.3) is 0 Å². The van der Waals surface area contributed by atoms with Gasteiger partial charge in [0.2, 0.25) is 5.70 Å². The van der Waals surface area contributed by atoms with Gasteiger partial charge in [0.15, 0.2) is 5.78 Å². The molecule has 216 valence electrons. The van der Waals surface area contributed by atoms with Crippen LogP contribution in [0.4, 0.5) is 0 Å². The van der Waals surface area contributed by atoms with Crippen LogP contribution in [-0.4, -0.2) is 32.0 Å². The third-order valence-electron chi connectivity index (χ3n) is 13.6. The van der Waals surface area contributed by atoms with E-state index >= 15 is 0 Å². The molecular weight excluding hydrogens is 506 g/mol. The number of carbonyl (C=O) groups is 2. The van der Waals surface area contributed by atoms with Crippen LogP contribution in [0.25, 0.3) is 4.85 Å². The smallest absolute Gasteiger partial charge is 0.226 e. The number of fused-ring (bicyclic) bond motifs is 7. The molecule has 5 rings (SSSR count). The van der Waals surface area contributed by atoms with Crippen LogP contribution < -0.4 is 0 Å². The number of rotatable bonds is 3. The molecule has 0 spiro atoms. The summed E-state index contributed by atoms with van der Waals surface area (Å²) in [5.74, 6) is 0.842. The summed E-state index contributed by atoms with van der Waals surface area (Å²) in [4.78, 5) is 31.5. The maximum atomic E-state index is 14.6. The lowest BCUT2D eigenvalue weighted by molar-refractivity contribution is -0.223. The van der Waals surface area contributed by atoms with Crippen molar-refractivity contribution in [2.24, 2.45) is 56.2 Å². The van der Waals surface area contributed by atoms with Crippen molar-refractivity contribution in [1.82, 2.24) is 0 Å². The first kappa shape index (κ1) is 29.0. The Hall–Kier alpha value is -1.48. The third kappa shape index (κ3) is 3.98. The number of ketones is 2. The molecule has 0 heterocycles. The average Bonchev–Trinajstić information content (AvgIpc) is 2.81. The predicted octanol–water partition coefficient (Wildman–Crippen LogP) is 7.07. The molecule has 4 saturated carbocycles. The van der Waals surface area contributed by atoms with E-state index in [4.69, 9.17) is 6.57 Å². The second-order valence-corrected chi connectivity index (χ2v) is 18.7. The highest BCUT2D eigenvalue weighted by Crippen LogP contribution is 2.76. The molecule has 39 heavy (non-hydrogen) atoms. The summed E-state index contributed by atoms with van der Waals surface area (Å²) in [5.41, 5.74) is -0.983. The quantitative estimate of drug-likeness (QED) is 0.349. The van der Waals surface area contributed by atoms with Gasteiger partial charge in [-0.1, -0.05) is 54.5 Å². The fourth-order valence-electron chi connectivity index (χ4n) is 11.2. The lowest BCUT2D eigenvalue weighted by Gasteiger charge is -2.72. The largest absolute Gasteiger partial charge is 0.307 e. The Labute approximate surface area is 236 Å². The first-order valence-corrected chi connectivity index (χ1v) is 17.2. The highest BCUT2D eigenvalue weighted by molar-refractivity contribution is 7.90. The fourth-order valence-corrected chi connectivity index (χ4v) is 12.0. The van der Waals surface area contributed by atoms with Gasteiger partial charge >= 0.3 is 0 Å². The lowest BCUT2D eigenvalue weighted by atomic mass is 9.31. The molecule has 0 aromatic carbocycles. The monoisotopic (exact) mass is 555 g/mol. The molecule has 6 heteroatoms. The molecule has 8 atom stereocenters. The van der Waals surface area contributed by atoms with Gasteiger partial charge in [0.05, 0.1) is 12.3 Å². The molecule has 5 nitrogen and oxygen atoms in total. The molecule has 0 aromatic heterocycles. The highest BCUT2D eigenvalue weighted by Gasteiger charge is 2.71. The SMILES string of the molecule is [C-]#[N+]C1=C[C@@]2(C)C(CC[C@]3(C)C2CC(=O)[C@@H]2[C@@H]4CC(C)(C)CC[C@]4(CCS(C)(=O)=O)CC[C@]23C)C(C)(C)C1=O. The van der Waals surface area contributed by atoms with E-state index in [9.17, 15) is 18.0 Å². The van der Waals surface area contributed by atoms with E-state index in [1.165, 1.54) is 6.26 Å². The number of Topliss-reactive ketones (excluding diaryl/α,β-unsaturated/α-hetero) is 2. The summed E-state index contributed by atoms with van der Waals surface area (Å²) in [6, 6.07) is 0. The van der Waals surface area contributed by atoms with Crippen LogP contribution in [0.1, 0.15) is 106 Å². The molecule has 0 bridgehead atoms. The molecule has 2 unspecified atom stereocenters. The van der Waals surface area contributed by atoms with Gasteiger partial charge in [0, 0.05) is 24.0 Å². The normalized spacial score (nSPS) is 46.6. The second-order valence-electron chi connectivity index (χ2n) is 16.4. The zero-order valence-electron chi connectivity index (χ0n) is 25.4. The lowest BCUT2D eigenvalue weighted by Crippen LogP contribution is -2.68. The standard InChI is InChI=1S/C33H49NO4S/c1-28(2)12-14-33(16-17-39(9,37)38)15-13-32(7)26(21(33)19-28)23(35)18-25-30(5)20-22(34-8)27(36)29(3,4)24(30)10-11-31(25,32)6/h20-21,24-26H,10-19H2,1-7,9H3/t21-,24?,25?,26-,30-,31+,32+,33+/m0/s1. The molecule has 0 aromatic rings. The minimum Gasteiger partial charge on any atom is -0.307 e. The van der Waals surface area contributed by atoms with Crippen LogP contribution >= 0.6 is 0 Å². The van der Waals surface area contributed by atoms with E-state index in [1.807, 2.05) is 19.9 Å². The number of hydrogen-bond donors (Lipinski definition) is 0. The Morgan fingerprint density at radius 1 is 0.923 bits per heavy atom. The zero-order valence-corrected chi connectivity index (χ0v) is 26.3. The Bertz CT molecular complexity index is 1290. The first-order chi connectivity index (χ1) is 17.8. The van der Waals surface area contributed by atoms with E-state index in [0.717, 1.165) is 44.9 Å². The summed E-state index contributed by atoms with van der Waals surface area (Å²) in [5, 5.41) is 0. The van der Waals surface area contributed by atoms with Gasteiger partial charge in [-0.25, -0.2) is 13.3 Å². The van der Waals surface area contributed by atoms with Crippen molar-refractivity contribution in [2.75, 3.05) is 12.0 Å². The summed E-state index contributed by atoms with van der Waals surface area (Å²) < 4.78 is 24.6. The minimum absolute atomic E-state index is 0.0486. The van der Waals surface area contributed by atoms with Crippen molar-refractivity contribution in [3.63, 3.8) is 0 Å². The van der Waals surface area contributed by atoms with Crippen molar-refractivity contribution in [1.29, 1.82) is 0 Å². The molecular formula is C33H49NO4S. The van der Waals surface area contributed by atoms with E-state index in [-0.39, 0.29) is 68.0 Å². The Balaban J connectivity index is 1.61. The van der Waals surface area contributed by atoms with Crippen molar-refractivity contribution < 1.29 is 18.0 Å². The Morgan fingerprint density at radius 2 is 1.56 bits per heavy atom. The van der Waals surface area contributed by atoms with Gasteiger partial charge in [0.1, 0.15) is 15.6 Å². The predicted molar refractivity (Wildman–Crippen MR) is 154 cm³/mol. The van der Waals surface area contributed by atoms with Gasteiger partial charge < -0.3 is 4.79 Å². The van der Waals surface area contributed by atoms with Crippen molar-refractivity contribution in [2.45, 2.75) is 106 Å². The summed E-state index contributed by atoms with van der Waals surface area (Å²) in [6.07, 6.45) is 11.4. The van der Waals surface area contributed by atoms with Crippen LogP contribution in [0.2, 0.25) is 0 Å². The molecule has 0 radical (unpaired) electrons. The topological polar surface area (TPSA) is 72.6 Å². The maximum Gasteiger partial charge on any atom is 0.226 e. The summed E-state index contributed by atoms with van der Waals surface area (Å²) in [6.45, 7) is 23.5. The molecule has 0 N–H and O–H groups in total. The molecule has 4 fully saturated rings. The zero-order chi connectivity index (χ0) is 29.0. The number of sulfone groups is 1. The van der Waals surface area contributed by atoms with Crippen molar-refractivity contribution in [3.8, 4) is 0 Å². The second kappa shape index (κ2) is 8.52. The van der Waals surface area contributed by atoms with Crippen LogP contribution in [0.3, 0.4) is 0 Å². The van der Waals surface area contributed by atoms with E-state index in [1.54, 1.807) is 0 Å². The first-order valence-electron chi connectivity index (χ1n) is 15.1. The van der Waals surface area contributed by atoms with Crippen molar-refractivity contribution >= 4 is 21.4 Å². The number of allylic oxidation sites excluding steroid dienone is 2. The highest BCUT2D eigenvalue weighted by atomic mass is 32.2. The molecule has 0 amide bonds. The molecule has 0 saturated heterocycles. The molecule has 5 aliphatic carbocycles. The van der Waals surface area contributed by atoms with E-state index in [2.05, 4.69) is 39.5 Å². The van der Waals surface area contributed by atoms with Gasteiger partial charge in [-0.2, -0.15) is 0 Å². The number of nitrogens with zero attached hydrogens (tertiary/aromatic N) is 1. The Morgan fingerprint density at radius 3 is 2.18 bits per heavy atom. The van der Waals surface area contributed by atoms with Gasteiger partial charge in [-0.05, 0) is 96.2 Å². The third-order valence-corrected chi connectivity index (χ3v) is 14.5. The number of carbonyl (C=O) groups excluding carboxylic acids is 2. The van der Waals surface area contributed by atoms with Gasteiger partial charge in [-0.15, -0.1) is 0 Å². The van der Waals surface area contributed by atoms with Crippen LogP contribution in [0.5, 0.6) is 0 Å². The maximum absolute atomic E-state index is 14.6. The Kier molecular flexibility index (Phi) is 6.34. The van der Waals surface area contributed by atoms with Crippen LogP contribution in [0, 0.1) is 62.7 Å². The van der Waals surface area contributed by atoms with Crippen molar-refractivity contribution in [3.05, 3.63) is 23.2 Å². The van der Waals surface area contributed by atoms with Crippen LogP contribution in [0.15, 0.2) is 11.8 Å². The average molecular weight is 556 g/mol. The summed E-state index contributed by atoms with van der Waals surface area (Å²) in [7, 11) is -3.09. The minimum atomic E-state index is -3.09. The van der Waals surface area contributed by atoms with Gasteiger partial charge in [-0.3, -0.25) is 4.79 Å². The van der Waals surface area contributed by atoms with E-state index in [0.29, 0.717) is 18.6 Å². The number of hydrogen-bond acceptors (Lipinski definition) is 4. The van der Waals surface area contributed by atoms with Crippen LogP contribution in [-0.2, 0) is 19.4 Å². The molecule has 0 aliphatic heterocycles. The molecule has 5 aliphatic rings. The fraction of sp³-hybridized carbons (Fsp3) is 0.848. The summed E-state index contributed by atoms with van der Waals surface area (Å²) >= 11 is 0. The van der Waals surface area contributed by atoms with E-state index < -0.39 is 15.3 Å².